The van der Waals surface area contributed by atoms with E-state index in [1.165, 1.54) is 6.42 Å². The van der Waals surface area contributed by atoms with Crippen LogP contribution in [0.2, 0.25) is 0 Å². The van der Waals surface area contributed by atoms with Crippen molar-refractivity contribution in [2.45, 2.75) is 45.4 Å². The Morgan fingerprint density at radius 2 is 1.96 bits per heavy atom. The molecule has 1 amide bonds. The standard InChI is InChI=1S/C16H27N3OS.2ClH/c1-16(2,3)15-18-13(11-21-15)14(20)19-9-6-12(7-10-19)5-8-17-4;;/h11-12,17H,5-10H2,1-4H3;2*1H. The number of nitrogens with one attached hydrogen (secondary N) is 1. The molecule has 1 aliphatic rings. The molecule has 1 N–H and O–H groups in total. The summed E-state index contributed by atoms with van der Waals surface area (Å²) in [7, 11) is 1.99. The third kappa shape index (κ3) is 6.22. The zero-order valence-corrected chi connectivity index (χ0v) is 16.9. The lowest BCUT2D eigenvalue weighted by molar-refractivity contribution is 0.0681. The van der Waals surface area contributed by atoms with E-state index in [-0.39, 0.29) is 36.1 Å². The second-order valence-corrected chi connectivity index (χ2v) is 7.77. The van der Waals surface area contributed by atoms with Crippen LogP contribution in [-0.4, -0.2) is 42.5 Å². The maximum Gasteiger partial charge on any atom is 0.273 e. The summed E-state index contributed by atoms with van der Waals surface area (Å²) < 4.78 is 0. The minimum atomic E-state index is 0. The van der Waals surface area contributed by atoms with Gasteiger partial charge in [0.15, 0.2) is 0 Å². The molecule has 0 atom stereocenters. The van der Waals surface area contributed by atoms with Crippen molar-refractivity contribution in [1.82, 2.24) is 15.2 Å². The predicted octanol–water partition coefficient (Wildman–Crippen LogP) is 3.75. The van der Waals surface area contributed by atoms with Crippen LogP contribution in [0.5, 0.6) is 0 Å². The number of aromatic nitrogens is 1. The van der Waals surface area contributed by atoms with Crippen molar-refractivity contribution in [3.8, 4) is 0 Å². The monoisotopic (exact) mass is 381 g/mol. The van der Waals surface area contributed by atoms with Gasteiger partial charge >= 0.3 is 0 Å². The number of thiazole rings is 1. The summed E-state index contributed by atoms with van der Waals surface area (Å²) in [5.41, 5.74) is 0.641. The van der Waals surface area contributed by atoms with Gasteiger partial charge in [-0.05, 0) is 38.8 Å². The molecule has 4 nitrogen and oxygen atoms in total. The SMILES string of the molecule is CNCCC1CCN(C(=O)c2csc(C(C)(C)C)n2)CC1.Cl.Cl. The molecule has 1 aromatic heterocycles. The highest BCUT2D eigenvalue weighted by Gasteiger charge is 2.26. The number of likely N-dealkylation sites (tertiary alicyclic amines) is 1. The van der Waals surface area contributed by atoms with Crippen molar-refractivity contribution in [2.75, 3.05) is 26.7 Å². The Labute approximate surface area is 156 Å². The van der Waals surface area contributed by atoms with Crippen LogP contribution in [0, 0.1) is 5.92 Å². The Morgan fingerprint density at radius 3 is 2.43 bits per heavy atom. The Morgan fingerprint density at radius 1 is 1.35 bits per heavy atom. The first-order chi connectivity index (χ1) is 9.91. The van der Waals surface area contributed by atoms with Gasteiger partial charge in [0.25, 0.3) is 5.91 Å². The van der Waals surface area contributed by atoms with Gasteiger partial charge in [0.2, 0.25) is 0 Å². The third-order valence-corrected chi connectivity index (χ3v) is 5.34. The van der Waals surface area contributed by atoms with Gasteiger partial charge in [-0.15, -0.1) is 36.2 Å². The number of hydrogen-bond donors (Lipinski definition) is 1. The van der Waals surface area contributed by atoms with Crippen LogP contribution in [0.1, 0.15) is 55.5 Å². The molecule has 0 unspecified atom stereocenters. The quantitative estimate of drug-likeness (QED) is 0.863. The zero-order chi connectivity index (χ0) is 15.5. The van der Waals surface area contributed by atoms with Gasteiger partial charge in [0.1, 0.15) is 5.69 Å². The molecule has 1 fully saturated rings. The van der Waals surface area contributed by atoms with Gasteiger partial charge in [-0.2, -0.15) is 0 Å². The molecule has 0 spiro atoms. The maximum absolute atomic E-state index is 12.5. The molecule has 2 rings (SSSR count). The highest BCUT2D eigenvalue weighted by atomic mass is 35.5. The van der Waals surface area contributed by atoms with Crippen LogP contribution in [0.3, 0.4) is 0 Å². The van der Waals surface area contributed by atoms with Crippen LogP contribution < -0.4 is 5.32 Å². The van der Waals surface area contributed by atoms with E-state index in [2.05, 4.69) is 31.1 Å². The van der Waals surface area contributed by atoms with Crippen LogP contribution in [0.4, 0.5) is 0 Å². The van der Waals surface area contributed by atoms with E-state index in [0.717, 1.165) is 43.4 Å². The molecule has 134 valence electrons. The minimum absolute atomic E-state index is 0. The van der Waals surface area contributed by atoms with Crippen molar-refractivity contribution in [3.63, 3.8) is 0 Å². The lowest BCUT2D eigenvalue weighted by Gasteiger charge is -2.31. The molecule has 23 heavy (non-hydrogen) atoms. The van der Waals surface area contributed by atoms with Crippen LogP contribution in [0.15, 0.2) is 5.38 Å². The summed E-state index contributed by atoms with van der Waals surface area (Å²) in [4.78, 5) is 19.0. The summed E-state index contributed by atoms with van der Waals surface area (Å²) in [6.45, 7) is 9.21. The molecule has 0 saturated carbocycles. The number of piperidine rings is 1. The number of carbonyl (C=O) groups excluding carboxylic acids is 1. The third-order valence-electron chi connectivity index (χ3n) is 4.07. The number of carbonyl (C=O) groups is 1. The number of nitrogens with zero attached hydrogens (tertiary/aromatic N) is 2. The molecular weight excluding hydrogens is 353 g/mol. The van der Waals surface area contributed by atoms with Crippen molar-refractivity contribution in [2.24, 2.45) is 5.92 Å². The molecule has 1 saturated heterocycles. The first kappa shape index (κ1) is 22.6. The van der Waals surface area contributed by atoms with Crippen LogP contribution in [0.25, 0.3) is 0 Å². The topological polar surface area (TPSA) is 45.2 Å². The first-order valence-corrected chi connectivity index (χ1v) is 8.69. The summed E-state index contributed by atoms with van der Waals surface area (Å²) in [6.07, 6.45) is 3.44. The van der Waals surface area contributed by atoms with E-state index in [0.29, 0.717) is 5.69 Å². The summed E-state index contributed by atoms with van der Waals surface area (Å²) >= 11 is 1.59. The zero-order valence-electron chi connectivity index (χ0n) is 14.4. The molecule has 0 radical (unpaired) electrons. The van der Waals surface area contributed by atoms with E-state index < -0.39 is 0 Å². The van der Waals surface area contributed by atoms with E-state index in [9.17, 15) is 4.79 Å². The predicted molar refractivity (Wildman–Crippen MR) is 102 cm³/mol. The van der Waals surface area contributed by atoms with Gasteiger partial charge in [-0.25, -0.2) is 4.98 Å². The fraction of sp³-hybridized carbons (Fsp3) is 0.750. The average molecular weight is 382 g/mol. The largest absolute Gasteiger partial charge is 0.337 e. The van der Waals surface area contributed by atoms with Crippen molar-refractivity contribution in [1.29, 1.82) is 0 Å². The van der Waals surface area contributed by atoms with Gasteiger partial charge in [0.05, 0.1) is 5.01 Å². The van der Waals surface area contributed by atoms with Crippen LogP contribution >= 0.6 is 36.2 Å². The molecule has 1 aromatic rings. The van der Waals surface area contributed by atoms with Gasteiger partial charge in [-0.3, -0.25) is 4.79 Å². The fourth-order valence-corrected chi connectivity index (χ4v) is 3.53. The van der Waals surface area contributed by atoms with E-state index in [1.54, 1.807) is 11.3 Å². The second-order valence-electron chi connectivity index (χ2n) is 6.92. The molecule has 0 aliphatic carbocycles. The summed E-state index contributed by atoms with van der Waals surface area (Å²) in [5, 5.41) is 6.15. The Kier molecular flexibility index (Phi) is 9.67. The number of amides is 1. The van der Waals surface area contributed by atoms with E-state index in [1.807, 2.05) is 17.3 Å². The normalized spacial score (nSPS) is 15.7. The van der Waals surface area contributed by atoms with Crippen molar-refractivity contribution in [3.05, 3.63) is 16.1 Å². The number of halogens is 2. The van der Waals surface area contributed by atoms with E-state index in [4.69, 9.17) is 0 Å². The van der Waals surface area contributed by atoms with Crippen molar-refractivity contribution < 1.29 is 4.79 Å². The highest BCUT2D eigenvalue weighted by molar-refractivity contribution is 7.10. The first-order valence-electron chi connectivity index (χ1n) is 7.81. The Bertz CT molecular complexity index is 480. The lowest BCUT2D eigenvalue weighted by atomic mass is 9.93. The molecular formula is C16H29Cl2N3OS. The Hall–Kier alpha value is -0.360. The Balaban J connectivity index is 0.00000242. The fourth-order valence-electron chi connectivity index (χ4n) is 2.65. The van der Waals surface area contributed by atoms with Crippen LogP contribution in [-0.2, 0) is 5.41 Å². The van der Waals surface area contributed by atoms with Gasteiger partial charge in [0, 0.05) is 23.9 Å². The van der Waals surface area contributed by atoms with Crippen molar-refractivity contribution >= 4 is 42.1 Å². The second kappa shape index (κ2) is 9.82. The highest BCUT2D eigenvalue weighted by Crippen LogP contribution is 2.27. The molecule has 0 bridgehead atoms. The number of rotatable bonds is 4. The molecule has 7 heteroatoms. The summed E-state index contributed by atoms with van der Waals surface area (Å²) in [6, 6.07) is 0. The summed E-state index contributed by atoms with van der Waals surface area (Å²) in [5.74, 6) is 0.857. The van der Waals surface area contributed by atoms with Gasteiger partial charge in [-0.1, -0.05) is 20.8 Å². The average Bonchev–Trinajstić information content (AvgIpc) is 2.95. The molecule has 0 aromatic carbocycles. The maximum atomic E-state index is 12.5. The minimum Gasteiger partial charge on any atom is -0.337 e. The molecule has 1 aliphatic heterocycles. The smallest absolute Gasteiger partial charge is 0.273 e. The van der Waals surface area contributed by atoms with E-state index >= 15 is 0 Å². The lowest BCUT2D eigenvalue weighted by Crippen LogP contribution is -2.39. The van der Waals surface area contributed by atoms with Gasteiger partial charge < -0.3 is 10.2 Å². The molecule has 2 heterocycles. The number of hydrogen-bond acceptors (Lipinski definition) is 4.